The topological polar surface area (TPSA) is 12.0 Å². The normalized spacial score (nSPS) is 25.3. The molecule has 1 N–H and O–H groups in total. The number of hydrogen-bond acceptors (Lipinski definition) is 2. The maximum Gasteiger partial charge on any atom is 0.0466 e. The zero-order valence-electron chi connectivity index (χ0n) is 11.8. The molecule has 1 fully saturated rings. The summed E-state index contributed by atoms with van der Waals surface area (Å²) in [5, 5.41) is 3.77. The van der Waals surface area contributed by atoms with Gasteiger partial charge in [0.15, 0.2) is 0 Å². The summed E-state index contributed by atoms with van der Waals surface area (Å²) in [6, 6.07) is 9.56. The van der Waals surface area contributed by atoms with E-state index in [1.807, 2.05) is 0 Å². The van der Waals surface area contributed by atoms with Gasteiger partial charge in [-0.15, -0.1) is 0 Å². The molecule has 0 radical (unpaired) electrons. The Hall–Kier alpha value is -0.470. The Labute approximate surface area is 116 Å². The Morgan fingerprint density at radius 2 is 2.06 bits per heavy atom. The summed E-state index contributed by atoms with van der Waals surface area (Å²) in [7, 11) is 0. The molecule has 0 saturated carbocycles. The van der Waals surface area contributed by atoms with Gasteiger partial charge in [0.1, 0.15) is 0 Å². The lowest BCUT2D eigenvalue weighted by molar-refractivity contribution is 0.413. The highest BCUT2D eigenvalue weighted by molar-refractivity contribution is 8.00. The van der Waals surface area contributed by atoms with Crippen LogP contribution in [0, 0.1) is 6.92 Å². The Balaban J connectivity index is 2.21. The van der Waals surface area contributed by atoms with Crippen LogP contribution in [0.4, 0.5) is 0 Å². The molecule has 1 nitrogen and oxygen atoms in total. The molecule has 1 saturated heterocycles. The average molecular weight is 263 g/mol. The molecule has 1 aliphatic heterocycles. The van der Waals surface area contributed by atoms with E-state index in [2.05, 4.69) is 62.1 Å². The van der Waals surface area contributed by atoms with E-state index in [0.29, 0.717) is 10.8 Å². The highest BCUT2D eigenvalue weighted by atomic mass is 32.2. The lowest BCUT2D eigenvalue weighted by Crippen LogP contribution is -2.38. The molecule has 2 heteroatoms. The fraction of sp³-hybridized carbons (Fsp3) is 0.625. The van der Waals surface area contributed by atoms with Gasteiger partial charge in [0.2, 0.25) is 0 Å². The fourth-order valence-electron chi connectivity index (χ4n) is 2.76. The molecular formula is C16H25NS. The number of nitrogens with one attached hydrogen (secondary N) is 1. The molecule has 1 aromatic carbocycles. The van der Waals surface area contributed by atoms with E-state index in [9.17, 15) is 0 Å². The molecular weight excluding hydrogens is 238 g/mol. The largest absolute Gasteiger partial charge is 0.309 e. The quantitative estimate of drug-likeness (QED) is 0.849. The minimum Gasteiger partial charge on any atom is -0.309 e. The van der Waals surface area contributed by atoms with Gasteiger partial charge >= 0.3 is 0 Å². The summed E-state index contributed by atoms with van der Waals surface area (Å²) < 4.78 is 0.366. The molecule has 0 amide bonds. The van der Waals surface area contributed by atoms with Gasteiger partial charge in [0, 0.05) is 10.8 Å². The number of thioether (sulfide) groups is 1. The second-order valence-electron chi connectivity index (χ2n) is 5.56. The second kappa shape index (κ2) is 6.12. The van der Waals surface area contributed by atoms with Crippen LogP contribution >= 0.6 is 11.8 Å². The Morgan fingerprint density at radius 3 is 2.61 bits per heavy atom. The highest BCUT2D eigenvalue weighted by Crippen LogP contribution is 2.46. The van der Waals surface area contributed by atoms with Gasteiger partial charge in [-0.05, 0) is 51.0 Å². The van der Waals surface area contributed by atoms with Crippen molar-refractivity contribution in [2.45, 2.75) is 50.8 Å². The van der Waals surface area contributed by atoms with Gasteiger partial charge in [-0.3, -0.25) is 0 Å². The third-order valence-corrected chi connectivity index (χ3v) is 5.46. The van der Waals surface area contributed by atoms with E-state index in [4.69, 9.17) is 0 Å². The van der Waals surface area contributed by atoms with Crippen LogP contribution in [-0.4, -0.2) is 17.0 Å². The molecule has 0 aliphatic carbocycles. The van der Waals surface area contributed by atoms with Crippen molar-refractivity contribution in [2.24, 2.45) is 0 Å². The van der Waals surface area contributed by atoms with Crippen molar-refractivity contribution in [1.82, 2.24) is 5.32 Å². The minimum absolute atomic E-state index is 0.366. The third kappa shape index (κ3) is 3.10. The molecule has 2 atom stereocenters. The van der Waals surface area contributed by atoms with Gasteiger partial charge in [-0.25, -0.2) is 0 Å². The number of aryl methyl sites for hydroxylation is 1. The van der Waals surface area contributed by atoms with E-state index in [0.717, 1.165) is 6.54 Å². The standard InChI is InChI=1S/C16H25NS/c1-4-11-17-15(16(3)10-5-12-18-16)14-8-6-13(2)7-9-14/h6-9,15,17H,4-5,10-12H2,1-3H3. The van der Waals surface area contributed by atoms with Crippen LogP contribution in [0.5, 0.6) is 0 Å². The molecule has 100 valence electrons. The number of hydrogen-bond donors (Lipinski definition) is 1. The highest BCUT2D eigenvalue weighted by Gasteiger charge is 2.38. The lowest BCUT2D eigenvalue weighted by atomic mass is 9.90. The van der Waals surface area contributed by atoms with Crippen molar-refractivity contribution < 1.29 is 0 Å². The van der Waals surface area contributed by atoms with Crippen molar-refractivity contribution in [1.29, 1.82) is 0 Å². The van der Waals surface area contributed by atoms with Crippen LogP contribution < -0.4 is 5.32 Å². The second-order valence-corrected chi connectivity index (χ2v) is 7.19. The minimum atomic E-state index is 0.366. The first-order chi connectivity index (χ1) is 8.65. The summed E-state index contributed by atoms with van der Waals surface area (Å²) in [4.78, 5) is 0. The summed E-state index contributed by atoms with van der Waals surface area (Å²) in [6.07, 6.45) is 3.88. The van der Waals surface area contributed by atoms with Crippen LogP contribution in [0.3, 0.4) is 0 Å². The maximum atomic E-state index is 3.77. The van der Waals surface area contributed by atoms with Crippen molar-refractivity contribution in [3.05, 3.63) is 35.4 Å². The molecule has 0 spiro atoms. The van der Waals surface area contributed by atoms with E-state index >= 15 is 0 Å². The Bertz CT molecular complexity index is 365. The first kappa shape index (κ1) is 14.0. The SMILES string of the molecule is CCCNC(c1ccc(C)cc1)C1(C)CCCS1. The van der Waals surface area contributed by atoms with Crippen molar-refractivity contribution >= 4 is 11.8 Å². The van der Waals surface area contributed by atoms with Gasteiger partial charge in [-0.1, -0.05) is 36.8 Å². The summed E-state index contributed by atoms with van der Waals surface area (Å²) >= 11 is 2.14. The third-order valence-electron chi connectivity index (χ3n) is 3.87. The van der Waals surface area contributed by atoms with Crippen LogP contribution in [0.15, 0.2) is 24.3 Å². The smallest absolute Gasteiger partial charge is 0.0466 e. The van der Waals surface area contributed by atoms with Gasteiger partial charge in [0.05, 0.1) is 0 Å². The maximum absolute atomic E-state index is 3.77. The first-order valence-corrected chi connectivity index (χ1v) is 8.08. The number of rotatable bonds is 5. The molecule has 1 heterocycles. The Kier molecular flexibility index (Phi) is 4.74. The van der Waals surface area contributed by atoms with Crippen molar-refractivity contribution in [3.8, 4) is 0 Å². The summed E-state index contributed by atoms with van der Waals surface area (Å²) in [5.41, 5.74) is 2.79. The molecule has 2 unspecified atom stereocenters. The predicted octanol–water partition coefficient (Wildman–Crippen LogP) is 4.32. The van der Waals surface area contributed by atoms with E-state index in [1.54, 1.807) is 0 Å². The summed E-state index contributed by atoms with van der Waals surface area (Å²) in [6.45, 7) is 7.93. The lowest BCUT2D eigenvalue weighted by Gasteiger charge is -2.34. The Morgan fingerprint density at radius 1 is 1.33 bits per heavy atom. The molecule has 1 aliphatic rings. The number of benzene rings is 1. The molecule has 0 aromatic heterocycles. The van der Waals surface area contributed by atoms with E-state index < -0.39 is 0 Å². The van der Waals surface area contributed by atoms with Gasteiger partial charge < -0.3 is 5.32 Å². The van der Waals surface area contributed by atoms with E-state index in [1.165, 1.54) is 36.1 Å². The van der Waals surface area contributed by atoms with Crippen LogP contribution in [0.1, 0.15) is 50.3 Å². The van der Waals surface area contributed by atoms with Crippen LogP contribution in [0.2, 0.25) is 0 Å². The molecule has 0 bridgehead atoms. The molecule has 2 rings (SSSR count). The van der Waals surface area contributed by atoms with Crippen molar-refractivity contribution in [2.75, 3.05) is 12.3 Å². The zero-order chi connectivity index (χ0) is 13.0. The molecule has 18 heavy (non-hydrogen) atoms. The fourth-order valence-corrected chi connectivity index (χ4v) is 4.19. The van der Waals surface area contributed by atoms with Crippen molar-refractivity contribution in [3.63, 3.8) is 0 Å². The van der Waals surface area contributed by atoms with Crippen LogP contribution in [0.25, 0.3) is 0 Å². The molecule has 1 aromatic rings. The van der Waals surface area contributed by atoms with E-state index in [-0.39, 0.29) is 0 Å². The first-order valence-electron chi connectivity index (χ1n) is 7.09. The van der Waals surface area contributed by atoms with Gasteiger partial charge in [0.25, 0.3) is 0 Å². The zero-order valence-corrected chi connectivity index (χ0v) is 12.6. The summed E-state index contributed by atoms with van der Waals surface area (Å²) in [5.74, 6) is 1.31. The monoisotopic (exact) mass is 263 g/mol. The van der Waals surface area contributed by atoms with Gasteiger partial charge in [-0.2, -0.15) is 11.8 Å². The van der Waals surface area contributed by atoms with Crippen LogP contribution in [-0.2, 0) is 0 Å². The average Bonchev–Trinajstić information content (AvgIpc) is 2.80. The predicted molar refractivity (Wildman–Crippen MR) is 82.3 cm³/mol.